The van der Waals surface area contributed by atoms with Crippen LogP contribution in [0.15, 0.2) is 229 Å². The fourth-order valence-electron chi connectivity index (χ4n) is 11.8. The minimum atomic E-state index is -0.0543. The molecular formula is C66H49BrN2. The first kappa shape index (κ1) is 41.5. The van der Waals surface area contributed by atoms with Gasteiger partial charge in [-0.3, -0.25) is 0 Å². The molecule has 0 radical (unpaired) electrons. The van der Waals surface area contributed by atoms with Crippen molar-refractivity contribution in [3.05, 3.63) is 251 Å². The minimum Gasteiger partial charge on any atom is -0.309 e. The van der Waals surface area contributed by atoms with E-state index >= 15 is 0 Å². The van der Waals surface area contributed by atoms with Gasteiger partial charge >= 0.3 is 0 Å². The van der Waals surface area contributed by atoms with E-state index in [4.69, 9.17) is 0 Å². The van der Waals surface area contributed by atoms with Crippen LogP contribution < -0.4 is 0 Å². The van der Waals surface area contributed by atoms with Gasteiger partial charge in [-0.15, -0.1) is 0 Å². The molecule has 0 aliphatic heterocycles. The van der Waals surface area contributed by atoms with E-state index in [1.807, 2.05) is 0 Å². The van der Waals surface area contributed by atoms with Crippen LogP contribution in [-0.4, -0.2) is 9.13 Å². The molecule has 2 nitrogen and oxygen atoms in total. The van der Waals surface area contributed by atoms with Crippen molar-refractivity contribution in [1.29, 1.82) is 0 Å². The Balaban J connectivity index is 0.000000247. The standard InChI is InChI=1S/C51H36N2.C15H13Br/c1-51(2)45-17-9-6-14-39(45)40-27-26-38(32-46(40)51)53-48-19-11-8-16-42(48)44-31-36(23-29-50(44)53)35-22-28-49-43(30-35)41-15-7-10-18-47(41)52(49)37-24-20-34(21-25-37)33-12-4-3-5-13-33;1-15(2)13-6-4-3-5-11(13)12-8-7-10(16)9-14(12)15/h3-32H,1-2H3;3-9H,1-2H3. The van der Waals surface area contributed by atoms with E-state index in [1.54, 1.807) is 0 Å². The topological polar surface area (TPSA) is 9.86 Å². The Bertz CT molecular complexity index is 4010. The maximum absolute atomic E-state index is 3.56. The van der Waals surface area contributed by atoms with Gasteiger partial charge in [-0.05, 0) is 140 Å². The van der Waals surface area contributed by atoms with Gasteiger partial charge < -0.3 is 9.13 Å². The molecule has 0 atom stereocenters. The van der Waals surface area contributed by atoms with Crippen molar-refractivity contribution < 1.29 is 0 Å². The smallest absolute Gasteiger partial charge is 0.0541 e. The third-order valence-electron chi connectivity index (χ3n) is 15.3. The first-order chi connectivity index (χ1) is 33.6. The predicted octanol–water partition coefficient (Wildman–Crippen LogP) is 18.3. The second-order valence-corrected chi connectivity index (χ2v) is 20.8. The van der Waals surface area contributed by atoms with Crippen LogP contribution in [-0.2, 0) is 10.8 Å². The van der Waals surface area contributed by atoms with E-state index in [2.05, 4.69) is 277 Å². The molecule has 0 N–H and O–H groups in total. The minimum absolute atomic E-state index is 0.0543. The molecule has 10 aromatic carbocycles. The molecule has 2 aliphatic carbocycles. The van der Waals surface area contributed by atoms with Crippen molar-refractivity contribution in [1.82, 2.24) is 9.13 Å². The van der Waals surface area contributed by atoms with E-state index in [0.717, 1.165) is 10.2 Å². The SMILES string of the molecule is CC1(C)c2ccccc2-c2ccc(-n3c4ccccc4c4cc(-c5ccc6c(c5)c5ccccc5n6-c5ccc(-c6ccccc6)cc5)ccc43)cc21.CC1(C)c2ccccc2-c2ccc(Br)cc21. The molecule has 12 aromatic rings. The van der Waals surface area contributed by atoms with Gasteiger partial charge in [-0.2, -0.15) is 0 Å². The highest BCUT2D eigenvalue weighted by molar-refractivity contribution is 9.10. The fourth-order valence-corrected chi connectivity index (χ4v) is 12.2. The summed E-state index contributed by atoms with van der Waals surface area (Å²) in [6, 6.07) is 82.4. The quantitative estimate of drug-likeness (QED) is 0.166. The molecule has 330 valence electrons. The largest absolute Gasteiger partial charge is 0.309 e. The van der Waals surface area contributed by atoms with Gasteiger partial charge in [-0.1, -0.05) is 195 Å². The van der Waals surface area contributed by atoms with E-state index in [1.165, 1.54) is 116 Å². The summed E-state index contributed by atoms with van der Waals surface area (Å²) in [4.78, 5) is 0. The highest BCUT2D eigenvalue weighted by Crippen LogP contribution is 2.51. The molecule has 0 fully saturated rings. The lowest BCUT2D eigenvalue weighted by atomic mass is 9.82. The number of hydrogen-bond acceptors (Lipinski definition) is 0. The Morgan fingerprint density at radius 3 is 1.28 bits per heavy atom. The number of aromatic nitrogens is 2. The van der Waals surface area contributed by atoms with Crippen LogP contribution in [0.2, 0.25) is 0 Å². The zero-order valence-corrected chi connectivity index (χ0v) is 40.7. The Labute approximate surface area is 411 Å². The van der Waals surface area contributed by atoms with Crippen LogP contribution >= 0.6 is 15.9 Å². The summed E-state index contributed by atoms with van der Waals surface area (Å²) < 4.78 is 6.01. The van der Waals surface area contributed by atoms with Crippen LogP contribution in [0.3, 0.4) is 0 Å². The summed E-state index contributed by atoms with van der Waals surface area (Å²) >= 11 is 3.56. The zero-order chi connectivity index (χ0) is 46.6. The first-order valence-corrected chi connectivity index (χ1v) is 24.8. The molecule has 2 aromatic heterocycles. The highest BCUT2D eigenvalue weighted by Gasteiger charge is 2.36. The highest BCUT2D eigenvalue weighted by atomic mass is 79.9. The van der Waals surface area contributed by atoms with Gasteiger partial charge in [-0.25, -0.2) is 0 Å². The van der Waals surface area contributed by atoms with Crippen LogP contribution in [0, 0.1) is 0 Å². The van der Waals surface area contributed by atoms with Gasteiger partial charge in [0, 0.05) is 48.2 Å². The molecule has 2 aliphatic rings. The van der Waals surface area contributed by atoms with Crippen LogP contribution in [0.25, 0.3) is 99.5 Å². The predicted molar refractivity (Wildman–Crippen MR) is 295 cm³/mol. The van der Waals surface area contributed by atoms with Crippen LogP contribution in [0.4, 0.5) is 0 Å². The lowest BCUT2D eigenvalue weighted by Gasteiger charge is -2.22. The van der Waals surface area contributed by atoms with E-state index in [-0.39, 0.29) is 10.8 Å². The average Bonchev–Trinajstić information content (AvgIpc) is 4.05. The summed E-state index contributed by atoms with van der Waals surface area (Å²) in [5.74, 6) is 0. The molecule has 69 heavy (non-hydrogen) atoms. The number of rotatable bonds is 4. The summed E-state index contributed by atoms with van der Waals surface area (Å²) in [7, 11) is 0. The second-order valence-electron chi connectivity index (χ2n) is 19.8. The molecule has 0 bridgehead atoms. The lowest BCUT2D eigenvalue weighted by molar-refractivity contribution is 0.660. The molecule has 0 spiro atoms. The number of benzene rings is 10. The van der Waals surface area contributed by atoms with Gasteiger partial charge in [0.25, 0.3) is 0 Å². The Morgan fingerprint density at radius 1 is 0.290 bits per heavy atom. The van der Waals surface area contributed by atoms with Gasteiger partial charge in [0.05, 0.1) is 22.1 Å². The second kappa shape index (κ2) is 15.7. The number of hydrogen-bond donors (Lipinski definition) is 0. The molecule has 0 saturated carbocycles. The molecule has 0 saturated heterocycles. The molecule has 14 rings (SSSR count). The van der Waals surface area contributed by atoms with Crippen molar-refractivity contribution in [2.45, 2.75) is 38.5 Å². The Morgan fingerprint density at radius 2 is 0.696 bits per heavy atom. The van der Waals surface area contributed by atoms with Gasteiger partial charge in [0.1, 0.15) is 0 Å². The number of para-hydroxylation sites is 2. The number of halogens is 1. The van der Waals surface area contributed by atoms with Gasteiger partial charge in [0.2, 0.25) is 0 Å². The fraction of sp³-hybridized carbons (Fsp3) is 0.0909. The molecule has 0 unspecified atom stereocenters. The van der Waals surface area contributed by atoms with E-state index in [0.29, 0.717) is 0 Å². The summed E-state index contributed by atoms with van der Waals surface area (Å²) in [6.45, 7) is 9.30. The van der Waals surface area contributed by atoms with Crippen molar-refractivity contribution in [2.24, 2.45) is 0 Å². The van der Waals surface area contributed by atoms with Gasteiger partial charge in [0.15, 0.2) is 0 Å². The summed E-state index contributed by atoms with van der Waals surface area (Å²) in [5, 5.41) is 5.05. The zero-order valence-electron chi connectivity index (χ0n) is 39.1. The maximum atomic E-state index is 3.56. The number of fused-ring (bicyclic) bond motifs is 12. The first-order valence-electron chi connectivity index (χ1n) is 24.0. The Kier molecular flexibility index (Phi) is 9.42. The number of nitrogens with zero attached hydrogens (tertiary/aromatic N) is 2. The monoisotopic (exact) mass is 948 g/mol. The van der Waals surface area contributed by atoms with Crippen molar-refractivity contribution >= 4 is 59.5 Å². The molecular weight excluding hydrogens is 901 g/mol. The molecule has 3 heteroatoms. The normalized spacial score (nSPS) is 13.8. The van der Waals surface area contributed by atoms with Crippen molar-refractivity contribution in [2.75, 3.05) is 0 Å². The van der Waals surface area contributed by atoms with E-state index in [9.17, 15) is 0 Å². The third-order valence-corrected chi connectivity index (χ3v) is 15.8. The summed E-state index contributed by atoms with van der Waals surface area (Å²) in [6.07, 6.45) is 0. The maximum Gasteiger partial charge on any atom is 0.0541 e. The lowest BCUT2D eigenvalue weighted by Crippen LogP contribution is -2.15. The summed E-state index contributed by atoms with van der Waals surface area (Å²) in [5.41, 5.74) is 23.3. The van der Waals surface area contributed by atoms with Crippen molar-refractivity contribution in [3.63, 3.8) is 0 Å². The average molecular weight is 950 g/mol. The van der Waals surface area contributed by atoms with E-state index < -0.39 is 0 Å². The molecule has 2 heterocycles. The van der Waals surface area contributed by atoms with Crippen molar-refractivity contribution in [3.8, 4) is 55.9 Å². The van der Waals surface area contributed by atoms with Crippen LogP contribution in [0.1, 0.15) is 49.9 Å². The molecule has 0 amide bonds. The van der Waals surface area contributed by atoms with Crippen LogP contribution in [0.5, 0.6) is 0 Å². The Hall–Kier alpha value is -7.72. The third kappa shape index (κ3) is 6.44.